The Morgan fingerprint density at radius 1 is 1.05 bits per heavy atom. The zero-order valence-corrected chi connectivity index (χ0v) is 25.6. The lowest BCUT2D eigenvalue weighted by atomic mass is 9.53. The van der Waals surface area contributed by atoms with E-state index in [0.29, 0.717) is 30.1 Å². The predicted molar refractivity (Wildman–Crippen MR) is 168 cm³/mol. The van der Waals surface area contributed by atoms with Crippen molar-refractivity contribution in [2.24, 2.45) is 11.3 Å². The quantitative estimate of drug-likeness (QED) is 0.274. The van der Waals surface area contributed by atoms with E-state index >= 15 is 0 Å². The van der Waals surface area contributed by atoms with Crippen LogP contribution in [0.2, 0.25) is 0 Å². The molecule has 1 spiro atoms. The highest BCUT2D eigenvalue weighted by Gasteiger charge is 2.55. The fraction of sp³-hybridized carbons (Fsp3) is 0.441. The molecule has 2 atom stereocenters. The first-order valence-electron chi connectivity index (χ1n) is 15.6. The largest absolute Gasteiger partial charge is 0.464 e. The highest BCUT2D eigenvalue weighted by molar-refractivity contribution is 5.91. The number of rotatable bonds is 8. The van der Waals surface area contributed by atoms with Gasteiger partial charge >= 0.3 is 5.97 Å². The van der Waals surface area contributed by atoms with Gasteiger partial charge in [-0.25, -0.2) is 19.3 Å². The number of hydrogen-bond donors (Lipinski definition) is 0. The maximum absolute atomic E-state index is 13.6. The summed E-state index contributed by atoms with van der Waals surface area (Å²) in [5, 5.41) is 4.67. The number of fused-ring (bicyclic) bond motifs is 1. The lowest BCUT2D eigenvalue weighted by Gasteiger charge is -2.61. The zero-order chi connectivity index (χ0) is 30.4. The number of benzene rings is 1. The fourth-order valence-corrected chi connectivity index (χ4v) is 7.39. The van der Waals surface area contributed by atoms with Crippen molar-refractivity contribution in [2.45, 2.75) is 39.0 Å². The van der Waals surface area contributed by atoms with Gasteiger partial charge in [-0.1, -0.05) is 36.4 Å². The third-order valence-electron chi connectivity index (χ3n) is 9.93. The summed E-state index contributed by atoms with van der Waals surface area (Å²) in [4.78, 5) is 41.2. The Morgan fingerprint density at radius 2 is 1.86 bits per heavy atom. The van der Waals surface area contributed by atoms with E-state index in [9.17, 15) is 9.59 Å². The molecule has 1 saturated carbocycles. The lowest BCUT2D eigenvalue weighted by molar-refractivity contribution is 0.0520. The first-order valence-corrected chi connectivity index (χ1v) is 15.6. The third kappa shape index (κ3) is 4.96. The van der Waals surface area contributed by atoms with E-state index in [1.54, 1.807) is 10.6 Å². The second kappa shape index (κ2) is 11.2. The number of carbonyl (C=O) groups is 2. The molecule has 3 aromatic heterocycles. The van der Waals surface area contributed by atoms with Crippen molar-refractivity contribution >= 4 is 29.0 Å². The minimum absolute atomic E-state index is 0.149. The molecule has 228 valence electrons. The Hall–Kier alpha value is -4.47. The van der Waals surface area contributed by atoms with Gasteiger partial charge in [-0.05, 0) is 74.3 Å². The Bertz CT molecular complexity index is 1700. The molecule has 2 saturated heterocycles. The zero-order valence-electron chi connectivity index (χ0n) is 25.6. The number of anilines is 2. The second-order valence-corrected chi connectivity index (χ2v) is 12.6. The average Bonchev–Trinajstić information content (AvgIpc) is 3.67. The Morgan fingerprint density at radius 3 is 2.59 bits per heavy atom. The number of nitrogens with zero attached hydrogens (tertiary/aromatic N) is 7. The lowest BCUT2D eigenvalue weighted by Crippen LogP contribution is -2.63. The Kier molecular flexibility index (Phi) is 7.22. The first-order chi connectivity index (χ1) is 21.4. The topological polar surface area (TPSA) is 96.2 Å². The molecule has 1 aliphatic carbocycles. The molecular weight excluding hydrogens is 554 g/mol. The standard InChI is InChI=1S/C34H39N7O3/c1-4-38(18-24-14-16-39(19-24)29-12-8-11-28(35-29)33(43)44-3)32(42)30-36-31-23(2)17-26(20-41(31)37-30)40-21-34(22-40)15-13-27(34)25-9-6-5-7-10-25/h5-12,17,20,24,27H,4,13-16,18-19,21-22H2,1-3H3. The smallest absolute Gasteiger partial charge is 0.356 e. The number of carbonyl (C=O) groups excluding carboxylic acids is 2. The molecule has 2 aliphatic heterocycles. The summed E-state index contributed by atoms with van der Waals surface area (Å²) < 4.78 is 6.60. The summed E-state index contributed by atoms with van der Waals surface area (Å²) in [7, 11) is 1.36. The van der Waals surface area contributed by atoms with Gasteiger partial charge in [0.2, 0.25) is 5.82 Å². The number of aromatic nitrogens is 4. The summed E-state index contributed by atoms with van der Waals surface area (Å²) in [6, 6.07) is 18.5. The maximum atomic E-state index is 13.6. The van der Waals surface area contributed by atoms with E-state index in [0.717, 1.165) is 55.3 Å². The number of amides is 1. The molecule has 0 bridgehead atoms. The van der Waals surface area contributed by atoms with Crippen molar-refractivity contribution in [3.63, 3.8) is 0 Å². The van der Waals surface area contributed by atoms with Crippen molar-refractivity contribution in [1.82, 2.24) is 24.5 Å². The van der Waals surface area contributed by atoms with Gasteiger partial charge < -0.3 is 19.4 Å². The molecule has 2 unspecified atom stereocenters. The van der Waals surface area contributed by atoms with E-state index in [1.807, 2.05) is 37.1 Å². The molecule has 10 heteroatoms. The highest BCUT2D eigenvalue weighted by atomic mass is 16.5. The van der Waals surface area contributed by atoms with E-state index in [4.69, 9.17) is 4.74 Å². The van der Waals surface area contributed by atoms with Crippen LogP contribution in [0.3, 0.4) is 0 Å². The predicted octanol–water partition coefficient (Wildman–Crippen LogP) is 4.59. The Labute approximate surface area is 257 Å². The molecule has 0 radical (unpaired) electrons. The van der Waals surface area contributed by atoms with Crippen LogP contribution in [0, 0.1) is 18.3 Å². The summed E-state index contributed by atoms with van der Waals surface area (Å²) in [6.07, 6.45) is 5.48. The SMILES string of the molecule is CCN(CC1CCN(c2cccc(C(=O)OC)n2)C1)C(=O)c1nc2c(C)cc(N3CC4(CCC4c4ccccc4)C3)cn2n1. The van der Waals surface area contributed by atoms with Crippen LogP contribution < -0.4 is 9.80 Å². The number of esters is 1. The van der Waals surface area contributed by atoms with Crippen LogP contribution >= 0.6 is 0 Å². The number of hydrogen-bond acceptors (Lipinski definition) is 8. The average molecular weight is 594 g/mol. The second-order valence-electron chi connectivity index (χ2n) is 12.6. The van der Waals surface area contributed by atoms with Gasteiger partial charge in [-0.3, -0.25) is 4.79 Å². The number of methoxy groups -OCH3 is 1. The number of pyridine rings is 2. The fourth-order valence-electron chi connectivity index (χ4n) is 7.39. The van der Waals surface area contributed by atoms with Gasteiger partial charge in [0.25, 0.3) is 5.91 Å². The van der Waals surface area contributed by atoms with Crippen LogP contribution in [0.5, 0.6) is 0 Å². The van der Waals surface area contributed by atoms with Crippen molar-refractivity contribution in [2.75, 3.05) is 56.2 Å². The highest BCUT2D eigenvalue weighted by Crippen LogP contribution is 2.58. The summed E-state index contributed by atoms with van der Waals surface area (Å²) in [5.74, 6) is 1.30. The minimum Gasteiger partial charge on any atom is -0.464 e. The van der Waals surface area contributed by atoms with Crippen LogP contribution in [-0.2, 0) is 4.74 Å². The third-order valence-corrected chi connectivity index (χ3v) is 9.93. The van der Waals surface area contributed by atoms with Crippen molar-refractivity contribution in [3.05, 3.63) is 83.4 Å². The number of ether oxygens (including phenoxy) is 1. The molecule has 3 aliphatic rings. The number of aryl methyl sites for hydroxylation is 1. The molecule has 1 aromatic carbocycles. The van der Waals surface area contributed by atoms with Crippen LogP contribution in [-0.4, -0.2) is 82.7 Å². The normalized spacial score (nSPS) is 20.4. The summed E-state index contributed by atoms with van der Waals surface area (Å²) >= 11 is 0. The first kappa shape index (κ1) is 28.3. The van der Waals surface area contributed by atoms with Gasteiger partial charge in [0, 0.05) is 44.7 Å². The molecule has 7 rings (SSSR count). The molecule has 5 heterocycles. The molecule has 4 aromatic rings. The van der Waals surface area contributed by atoms with Crippen molar-refractivity contribution in [3.8, 4) is 0 Å². The monoisotopic (exact) mass is 593 g/mol. The van der Waals surface area contributed by atoms with Crippen LogP contribution in [0.4, 0.5) is 11.5 Å². The van der Waals surface area contributed by atoms with E-state index in [2.05, 4.69) is 61.3 Å². The summed E-state index contributed by atoms with van der Waals surface area (Å²) in [6.45, 7) is 8.88. The molecule has 1 amide bonds. The maximum Gasteiger partial charge on any atom is 0.356 e. The van der Waals surface area contributed by atoms with Gasteiger partial charge in [-0.2, -0.15) is 0 Å². The van der Waals surface area contributed by atoms with Crippen LogP contribution in [0.15, 0.2) is 60.8 Å². The molecule has 0 N–H and O–H groups in total. The van der Waals surface area contributed by atoms with Gasteiger partial charge in [0.15, 0.2) is 11.3 Å². The van der Waals surface area contributed by atoms with E-state index in [-0.39, 0.29) is 17.6 Å². The van der Waals surface area contributed by atoms with Crippen LogP contribution in [0.1, 0.15) is 64.3 Å². The van der Waals surface area contributed by atoms with Gasteiger partial charge in [-0.15, -0.1) is 5.10 Å². The van der Waals surface area contributed by atoms with Crippen LogP contribution in [0.25, 0.3) is 5.65 Å². The molecule has 3 fully saturated rings. The molecule has 10 nitrogen and oxygen atoms in total. The van der Waals surface area contributed by atoms with E-state index in [1.165, 1.54) is 25.5 Å². The van der Waals surface area contributed by atoms with Gasteiger partial charge in [0.1, 0.15) is 5.82 Å². The molecular formula is C34H39N7O3. The van der Waals surface area contributed by atoms with E-state index < -0.39 is 5.97 Å². The molecule has 44 heavy (non-hydrogen) atoms. The Balaban J connectivity index is 1.01. The van der Waals surface area contributed by atoms with Crippen molar-refractivity contribution in [1.29, 1.82) is 0 Å². The van der Waals surface area contributed by atoms with Gasteiger partial charge in [0.05, 0.1) is 19.0 Å². The minimum atomic E-state index is -0.448. The van der Waals surface area contributed by atoms with Crippen molar-refractivity contribution < 1.29 is 14.3 Å². The summed E-state index contributed by atoms with van der Waals surface area (Å²) in [5.41, 5.74) is 4.98.